The first-order chi connectivity index (χ1) is 15.8. The summed E-state index contributed by atoms with van der Waals surface area (Å²) in [6.07, 6.45) is 1.49. The summed E-state index contributed by atoms with van der Waals surface area (Å²) in [7, 11) is 0. The Bertz CT molecular complexity index is 976. The molecule has 32 heavy (non-hydrogen) atoms. The van der Waals surface area contributed by atoms with Gasteiger partial charge >= 0.3 is 0 Å². The zero-order chi connectivity index (χ0) is 22.0. The van der Waals surface area contributed by atoms with E-state index >= 15 is 0 Å². The molecule has 1 amide bonds. The number of hydrogen-bond acceptors (Lipinski definition) is 7. The Balaban J connectivity index is 1.21. The molecule has 1 aromatic heterocycles. The van der Waals surface area contributed by atoms with Crippen molar-refractivity contribution in [3.63, 3.8) is 0 Å². The molecule has 0 unspecified atom stereocenters. The Morgan fingerprint density at radius 1 is 1.16 bits per heavy atom. The average Bonchev–Trinajstić information content (AvgIpc) is 3.36. The van der Waals surface area contributed by atoms with Gasteiger partial charge in [-0.3, -0.25) is 14.8 Å². The predicted octanol–water partition coefficient (Wildman–Crippen LogP) is 2.74. The first kappa shape index (κ1) is 22.3. The lowest BCUT2D eigenvalue weighted by molar-refractivity contribution is 0.0322. The van der Waals surface area contributed by atoms with Crippen molar-refractivity contribution in [1.82, 2.24) is 25.4 Å². The van der Waals surface area contributed by atoms with Crippen molar-refractivity contribution in [3.8, 4) is 5.75 Å². The molecule has 1 saturated heterocycles. The van der Waals surface area contributed by atoms with Gasteiger partial charge in [0.1, 0.15) is 18.7 Å². The number of aromatic amines is 1. The summed E-state index contributed by atoms with van der Waals surface area (Å²) in [4.78, 5) is 18.9. The van der Waals surface area contributed by atoms with Gasteiger partial charge in [-0.15, -0.1) is 0 Å². The first-order valence-electron chi connectivity index (χ1n) is 10.6. The Morgan fingerprint density at radius 3 is 2.78 bits per heavy atom. The number of nitrogens with zero attached hydrogens (tertiary/aromatic N) is 3. The van der Waals surface area contributed by atoms with Crippen LogP contribution >= 0.6 is 11.8 Å². The second kappa shape index (κ2) is 11.7. The predicted molar refractivity (Wildman–Crippen MR) is 123 cm³/mol. The number of aromatic nitrogens is 3. The molecule has 9 heteroatoms. The molecular weight excluding hydrogens is 426 g/mol. The Labute approximate surface area is 191 Å². The van der Waals surface area contributed by atoms with Crippen molar-refractivity contribution >= 4 is 17.7 Å². The van der Waals surface area contributed by atoms with Crippen LogP contribution < -0.4 is 10.1 Å². The van der Waals surface area contributed by atoms with E-state index in [1.165, 1.54) is 6.33 Å². The lowest BCUT2D eigenvalue weighted by Gasteiger charge is -2.26. The quantitative estimate of drug-likeness (QED) is 0.456. The van der Waals surface area contributed by atoms with Gasteiger partial charge in [0.05, 0.1) is 13.2 Å². The number of benzene rings is 2. The van der Waals surface area contributed by atoms with Crippen molar-refractivity contribution in [2.45, 2.75) is 17.5 Å². The SMILES string of the molecule is O=C(NCc1cccc(OCCN2CCOCC2)c1)c1ccc(CSc2ncn[nH]2)cc1. The zero-order valence-corrected chi connectivity index (χ0v) is 18.6. The molecule has 1 fully saturated rings. The van der Waals surface area contributed by atoms with Crippen LogP contribution in [0.2, 0.25) is 0 Å². The summed E-state index contributed by atoms with van der Waals surface area (Å²) in [6.45, 7) is 5.46. The highest BCUT2D eigenvalue weighted by Gasteiger charge is 2.10. The minimum atomic E-state index is -0.0990. The first-order valence-corrected chi connectivity index (χ1v) is 11.6. The van der Waals surface area contributed by atoms with Crippen molar-refractivity contribution in [1.29, 1.82) is 0 Å². The number of H-pyrrole nitrogens is 1. The zero-order valence-electron chi connectivity index (χ0n) is 17.8. The second-order valence-corrected chi connectivity index (χ2v) is 8.37. The van der Waals surface area contributed by atoms with Crippen molar-refractivity contribution in [2.24, 2.45) is 0 Å². The topological polar surface area (TPSA) is 92.4 Å². The number of amides is 1. The van der Waals surface area contributed by atoms with E-state index in [1.807, 2.05) is 48.5 Å². The molecule has 8 nitrogen and oxygen atoms in total. The maximum absolute atomic E-state index is 12.5. The van der Waals surface area contributed by atoms with Crippen LogP contribution in [-0.4, -0.2) is 65.4 Å². The third kappa shape index (κ3) is 6.81. The lowest BCUT2D eigenvalue weighted by Crippen LogP contribution is -2.38. The molecule has 0 saturated carbocycles. The summed E-state index contributed by atoms with van der Waals surface area (Å²) in [5, 5.41) is 10.4. The molecular formula is C23H27N5O3S. The number of carbonyl (C=O) groups excluding carboxylic acids is 1. The summed E-state index contributed by atoms with van der Waals surface area (Å²) in [6, 6.07) is 15.5. The van der Waals surface area contributed by atoms with E-state index in [1.54, 1.807) is 11.8 Å². The van der Waals surface area contributed by atoms with Crippen LogP contribution in [0.15, 0.2) is 60.0 Å². The molecule has 0 bridgehead atoms. The number of hydrogen-bond donors (Lipinski definition) is 2. The molecule has 168 valence electrons. The van der Waals surface area contributed by atoms with Crippen LogP contribution in [0.25, 0.3) is 0 Å². The van der Waals surface area contributed by atoms with Gasteiger partial charge in [-0.25, -0.2) is 4.98 Å². The maximum atomic E-state index is 12.5. The van der Waals surface area contributed by atoms with Gasteiger partial charge in [-0.2, -0.15) is 5.10 Å². The van der Waals surface area contributed by atoms with Crippen LogP contribution in [0.1, 0.15) is 21.5 Å². The average molecular weight is 454 g/mol. The molecule has 1 aliphatic rings. The second-order valence-electron chi connectivity index (χ2n) is 7.41. The van der Waals surface area contributed by atoms with E-state index in [-0.39, 0.29) is 5.91 Å². The summed E-state index contributed by atoms with van der Waals surface area (Å²) >= 11 is 1.57. The van der Waals surface area contributed by atoms with Crippen LogP contribution in [0.5, 0.6) is 5.75 Å². The summed E-state index contributed by atoms with van der Waals surface area (Å²) in [5.41, 5.74) is 2.75. The Kier molecular flexibility index (Phi) is 8.13. The highest BCUT2D eigenvalue weighted by molar-refractivity contribution is 7.98. The van der Waals surface area contributed by atoms with Crippen LogP contribution in [-0.2, 0) is 17.0 Å². The van der Waals surface area contributed by atoms with E-state index in [4.69, 9.17) is 9.47 Å². The van der Waals surface area contributed by atoms with Gasteiger partial charge in [0.15, 0.2) is 5.16 Å². The van der Waals surface area contributed by atoms with E-state index < -0.39 is 0 Å². The monoisotopic (exact) mass is 453 g/mol. The van der Waals surface area contributed by atoms with Gasteiger partial charge in [-0.1, -0.05) is 36.0 Å². The van der Waals surface area contributed by atoms with Crippen molar-refractivity contribution < 1.29 is 14.3 Å². The van der Waals surface area contributed by atoms with Gasteiger partial charge in [0.2, 0.25) is 0 Å². The third-order valence-corrected chi connectivity index (χ3v) is 6.06. The van der Waals surface area contributed by atoms with E-state index in [0.29, 0.717) is 18.7 Å². The molecule has 0 aliphatic carbocycles. The molecule has 0 spiro atoms. The molecule has 3 aromatic rings. The molecule has 2 aromatic carbocycles. The minimum Gasteiger partial charge on any atom is -0.492 e. The molecule has 2 N–H and O–H groups in total. The van der Waals surface area contributed by atoms with Crippen molar-refractivity contribution in [3.05, 3.63) is 71.5 Å². The van der Waals surface area contributed by atoms with Gasteiger partial charge in [-0.05, 0) is 35.4 Å². The molecule has 4 rings (SSSR count). The molecule has 1 aliphatic heterocycles. The van der Waals surface area contributed by atoms with E-state index in [2.05, 4.69) is 25.4 Å². The standard InChI is InChI=1S/C23H27N5O3S/c29-22(20-6-4-18(5-7-20)16-32-23-25-17-26-27-23)24-15-19-2-1-3-21(14-19)31-13-10-28-8-11-30-12-9-28/h1-7,14,17H,8-13,15-16H2,(H,24,29)(H,25,26,27). The molecule has 0 atom stereocenters. The van der Waals surface area contributed by atoms with Crippen LogP contribution in [0, 0.1) is 0 Å². The number of nitrogens with one attached hydrogen (secondary N) is 2. The maximum Gasteiger partial charge on any atom is 0.251 e. The molecule has 2 heterocycles. The highest BCUT2D eigenvalue weighted by Crippen LogP contribution is 2.19. The van der Waals surface area contributed by atoms with E-state index in [9.17, 15) is 4.79 Å². The summed E-state index contributed by atoms with van der Waals surface area (Å²) in [5.74, 6) is 1.48. The van der Waals surface area contributed by atoms with E-state index in [0.717, 1.165) is 60.6 Å². The number of morpholine rings is 1. The number of carbonyl (C=O) groups is 1. The largest absolute Gasteiger partial charge is 0.492 e. The minimum absolute atomic E-state index is 0.0990. The third-order valence-electron chi connectivity index (χ3n) is 5.12. The van der Waals surface area contributed by atoms with Gasteiger partial charge < -0.3 is 14.8 Å². The lowest BCUT2D eigenvalue weighted by atomic mass is 10.1. The fourth-order valence-electron chi connectivity index (χ4n) is 3.31. The van der Waals surface area contributed by atoms with Crippen LogP contribution in [0.4, 0.5) is 0 Å². The smallest absolute Gasteiger partial charge is 0.251 e. The highest BCUT2D eigenvalue weighted by atomic mass is 32.2. The molecule has 0 radical (unpaired) electrons. The van der Waals surface area contributed by atoms with Gasteiger partial charge in [0.25, 0.3) is 5.91 Å². The fraction of sp³-hybridized carbons (Fsp3) is 0.348. The normalized spacial score (nSPS) is 14.2. The fourth-order valence-corrected chi connectivity index (χ4v) is 4.05. The number of thioether (sulfide) groups is 1. The van der Waals surface area contributed by atoms with Gasteiger partial charge in [0, 0.05) is 37.5 Å². The van der Waals surface area contributed by atoms with Crippen molar-refractivity contribution in [2.75, 3.05) is 39.5 Å². The van der Waals surface area contributed by atoms with Crippen LogP contribution in [0.3, 0.4) is 0 Å². The summed E-state index contributed by atoms with van der Waals surface area (Å²) < 4.78 is 11.3. The number of rotatable bonds is 10. The Hall–Kier alpha value is -2.88. The number of ether oxygens (including phenoxy) is 2. The Morgan fingerprint density at radius 2 is 2.00 bits per heavy atom.